The van der Waals surface area contributed by atoms with E-state index in [9.17, 15) is 13.2 Å². The van der Waals surface area contributed by atoms with E-state index in [1.54, 1.807) is 18.2 Å². The normalized spacial score (nSPS) is 14.3. The van der Waals surface area contributed by atoms with E-state index in [-0.39, 0.29) is 11.9 Å². The van der Waals surface area contributed by atoms with E-state index in [0.717, 1.165) is 37.0 Å². The van der Waals surface area contributed by atoms with Crippen LogP contribution in [0.4, 0.5) is 15.6 Å². The zero-order valence-corrected chi connectivity index (χ0v) is 24.7. The van der Waals surface area contributed by atoms with Crippen molar-refractivity contribution in [1.29, 1.82) is 0 Å². The number of hydrogen-bond donors (Lipinski definition) is 2. The predicted octanol–water partition coefficient (Wildman–Crippen LogP) is 5.06. The molecule has 0 unspecified atom stereocenters. The topological polar surface area (TPSA) is 104 Å². The molecule has 2 amide bonds. The van der Waals surface area contributed by atoms with Crippen LogP contribution in [0.25, 0.3) is 10.2 Å². The van der Waals surface area contributed by atoms with Crippen molar-refractivity contribution in [2.75, 3.05) is 62.2 Å². The van der Waals surface area contributed by atoms with Crippen LogP contribution in [0, 0.1) is 0 Å². The number of urea groups is 1. The molecular weight excluding hydrogens is 558 g/mol. The number of carbonyl (C=O) groups excluding carboxylic acids is 1. The smallest absolute Gasteiger partial charge is 0.323 e. The molecule has 0 atom stereocenters. The van der Waals surface area contributed by atoms with Gasteiger partial charge in [0.05, 0.1) is 35.4 Å². The van der Waals surface area contributed by atoms with Crippen LogP contribution in [0.3, 0.4) is 0 Å². The van der Waals surface area contributed by atoms with Crippen molar-refractivity contribution in [2.45, 2.75) is 12.3 Å². The van der Waals surface area contributed by atoms with Gasteiger partial charge in [0.25, 0.3) is 0 Å². The molecule has 216 valence electrons. The number of nitrogens with one attached hydrogen (secondary N) is 2. The van der Waals surface area contributed by atoms with E-state index in [1.807, 2.05) is 17.0 Å². The number of sulfonamides is 1. The first-order valence-corrected chi connectivity index (χ1v) is 16.4. The molecule has 0 radical (unpaired) electrons. The number of nitrogens with zero attached hydrogens (tertiary/aromatic N) is 3. The molecular formula is C30H35N5O4S2. The minimum Gasteiger partial charge on any atom is -0.379 e. The number of ether oxygens (including phenoxy) is 1. The quantitative estimate of drug-likeness (QED) is 0.252. The van der Waals surface area contributed by atoms with Crippen LogP contribution in [-0.4, -0.2) is 81.4 Å². The standard InChI is InChI=1S/C30H35N5O4S2/c1-41(37,38)33-25-12-13-27-28(22-25)40-29(31-27)32-30(36)35(17-16-34-18-20-39-21-19-34)15-14-26(23-8-4-2-5-9-23)24-10-6-3-7-11-24/h2-13,22,26,33H,14-21H2,1H3,(H,31,32,36). The Morgan fingerprint density at radius 2 is 1.66 bits per heavy atom. The summed E-state index contributed by atoms with van der Waals surface area (Å²) in [5.41, 5.74) is 3.59. The van der Waals surface area contributed by atoms with E-state index < -0.39 is 10.0 Å². The Labute approximate surface area is 245 Å². The lowest BCUT2D eigenvalue weighted by Crippen LogP contribution is -2.44. The van der Waals surface area contributed by atoms with Crippen LogP contribution in [0.15, 0.2) is 78.9 Å². The number of amides is 2. The highest BCUT2D eigenvalue weighted by molar-refractivity contribution is 7.92. The number of rotatable bonds is 11. The maximum Gasteiger partial charge on any atom is 0.323 e. The number of benzene rings is 3. The van der Waals surface area contributed by atoms with Crippen molar-refractivity contribution in [1.82, 2.24) is 14.8 Å². The summed E-state index contributed by atoms with van der Waals surface area (Å²) in [6.45, 7) is 5.03. The molecule has 4 aromatic rings. The van der Waals surface area contributed by atoms with Crippen molar-refractivity contribution in [3.63, 3.8) is 0 Å². The zero-order chi connectivity index (χ0) is 28.7. The van der Waals surface area contributed by atoms with Crippen LogP contribution in [0.5, 0.6) is 0 Å². The molecule has 11 heteroatoms. The van der Waals surface area contributed by atoms with E-state index in [4.69, 9.17) is 4.74 Å². The molecule has 41 heavy (non-hydrogen) atoms. The molecule has 1 aromatic heterocycles. The highest BCUT2D eigenvalue weighted by atomic mass is 32.2. The summed E-state index contributed by atoms with van der Waals surface area (Å²) in [4.78, 5) is 22.4. The van der Waals surface area contributed by atoms with Crippen molar-refractivity contribution in [3.8, 4) is 0 Å². The summed E-state index contributed by atoms with van der Waals surface area (Å²) in [6, 6.07) is 25.8. The molecule has 0 spiro atoms. The van der Waals surface area contributed by atoms with Gasteiger partial charge in [-0.05, 0) is 35.7 Å². The minimum atomic E-state index is -3.39. The van der Waals surface area contributed by atoms with Gasteiger partial charge in [-0.25, -0.2) is 18.2 Å². The molecule has 0 bridgehead atoms. The average Bonchev–Trinajstić information content (AvgIpc) is 3.37. The van der Waals surface area contributed by atoms with Gasteiger partial charge < -0.3 is 9.64 Å². The number of anilines is 2. The Balaban J connectivity index is 1.33. The number of morpholine rings is 1. The number of aromatic nitrogens is 1. The molecule has 9 nitrogen and oxygen atoms in total. The van der Waals surface area contributed by atoms with Crippen molar-refractivity contribution < 1.29 is 17.9 Å². The van der Waals surface area contributed by atoms with Crippen LogP contribution < -0.4 is 10.0 Å². The zero-order valence-electron chi connectivity index (χ0n) is 23.0. The third-order valence-corrected chi connectivity index (χ3v) is 8.61. The Bertz CT molecular complexity index is 1500. The van der Waals surface area contributed by atoms with Gasteiger partial charge in [0.1, 0.15) is 0 Å². The molecule has 5 rings (SSSR count). The van der Waals surface area contributed by atoms with Gasteiger partial charge in [0.15, 0.2) is 5.13 Å². The second-order valence-corrected chi connectivity index (χ2v) is 12.9. The summed E-state index contributed by atoms with van der Waals surface area (Å²) < 4.78 is 32.0. The fraction of sp³-hybridized carbons (Fsp3) is 0.333. The molecule has 3 aromatic carbocycles. The van der Waals surface area contributed by atoms with E-state index in [0.29, 0.717) is 42.6 Å². The van der Waals surface area contributed by atoms with Crippen LogP contribution in [0.2, 0.25) is 0 Å². The Hall–Kier alpha value is -3.51. The third-order valence-electron chi connectivity index (χ3n) is 7.07. The molecule has 0 saturated carbocycles. The number of carbonyl (C=O) groups is 1. The number of thiazole rings is 1. The maximum absolute atomic E-state index is 13.6. The van der Waals surface area contributed by atoms with Crippen LogP contribution in [-0.2, 0) is 14.8 Å². The van der Waals surface area contributed by atoms with E-state index in [2.05, 4.69) is 68.5 Å². The molecule has 1 fully saturated rings. The summed E-state index contributed by atoms with van der Waals surface area (Å²) in [5.74, 6) is 0.152. The summed E-state index contributed by atoms with van der Waals surface area (Å²) >= 11 is 1.32. The minimum absolute atomic E-state index is 0.152. The lowest BCUT2D eigenvalue weighted by Gasteiger charge is -2.31. The van der Waals surface area contributed by atoms with E-state index in [1.165, 1.54) is 22.5 Å². The van der Waals surface area contributed by atoms with Gasteiger partial charge in [0.2, 0.25) is 10.0 Å². The summed E-state index contributed by atoms with van der Waals surface area (Å²) in [5, 5.41) is 3.48. The second kappa shape index (κ2) is 13.4. The maximum atomic E-state index is 13.6. The van der Waals surface area contributed by atoms with Gasteiger partial charge in [-0.1, -0.05) is 72.0 Å². The van der Waals surface area contributed by atoms with E-state index >= 15 is 0 Å². The largest absolute Gasteiger partial charge is 0.379 e. The molecule has 2 heterocycles. The van der Waals surface area contributed by atoms with Gasteiger partial charge in [-0.15, -0.1) is 0 Å². The van der Waals surface area contributed by atoms with Crippen molar-refractivity contribution >= 4 is 48.4 Å². The molecule has 1 saturated heterocycles. The fourth-order valence-corrected chi connectivity index (χ4v) is 6.46. The highest BCUT2D eigenvalue weighted by Gasteiger charge is 2.21. The predicted molar refractivity (Wildman–Crippen MR) is 165 cm³/mol. The first kappa shape index (κ1) is 29.0. The average molecular weight is 594 g/mol. The monoisotopic (exact) mass is 593 g/mol. The van der Waals surface area contributed by atoms with Gasteiger partial charge >= 0.3 is 6.03 Å². The Morgan fingerprint density at radius 3 is 2.29 bits per heavy atom. The number of fused-ring (bicyclic) bond motifs is 1. The summed E-state index contributed by atoms with van der Waals surface area (Å²) in [6.07, 6.45) is 1.88. The SMILES string of the molecule is CS(=O)(=O)Nc1ccc2nc(NC(=O)N(CCC(c3ccccc3)c3ccccc3)CCN3CCOCC3)sc2c1. The molecule has 1 aliphatic rings. The highest BCUT2D eigenvalue weighted by Crippen LogP contribution is 2.30. The first-order valence-electron chi connectivity index (χ1n) is 13.7. The van der Waals surface area contributed by atoms with Gasteiger partial charge in [-0.3, -0.25) is 14.9 Å². The van der Waals surface area contributed by atoms with Crippen LogP contribution >= 0.6 is 11.3 Å². The van der Waals surface area contributed by atoms with Crippen LogP contribution in [0.1, 0.15) is 23.5 Å². The lowest BCUT2D eigenvalue weighted by molar-refractivity contribution is 0.0351. The fourth-order valence-electron chi connectivity index (χ4n) is 5.01. The molecule has 0 aliphatic carbocycles. The lowest BCUT2D eigenvalue weighted by atomic mass is 9.88. The number of hydrogen-bond acceptors (Lipinski definition) is 7. The van der Waals surface area contributed by atoms with Crippen molar-refractivity contribution in [3.05, 3.63) is 90.0 Å². The Kier molecular flexibility index (Phi) is 9.50. The first-order chi connectivity index (χ1) is 19.8. The summed E-state index contributed by atoms with van der Waals surface area (Å²) in [7, 11) is -3.39. The van der Waals surface area contributed by atoms with Gasteiger partial charge in [-0.2, -0.15) is 0 Å². The Morgan fingerprint density at radius 1 is 1.00 bits per heavy atom. The second-order valence-electron chi connectivity index (χ2n) is 10.1. The van der Waals surface area contributed by atoms with Gasteiger partial charge in [0, 0.05) is 38.6 Å². The third kappa shape index (κ3) is 8.26. The molecule has 1 aliphatic heterocycles. The molecule has 2 N–H and O–H groups in total. The van der Waals surface area contributed by atoms with Crippen molar-refractivity contribution in [2.24, 2.45) is 0 Å².